The molecule has 0 radical (unpaired) electrons. The van der Waals surface area contributed by atoms with Crippen LogP contribution in [-0.2, 0) is 4.79 Å². The largest absolute Gasteiger partial charge is 0.326 e. The Kier molecular flexibility index (Phi) is 4.09. The van der Waals surface area contributed by atoms with Gasteiger partial charge in [0.15, 0.2) is 0 Å². The van der Waals surface area contributed by atoms with E-state index in [0.717, 1.165) is 41.5 Å². The van der Waals surface area contributed by atoms with E-state index in [0.29, 0.717) is 11.3 Å². The van der Waals surface area contributed by atoms with Crippen molar-refractivity contribution in [3.8, 4) is 0 Å². The fourth-order valence-corrected chi connectivity index (χ4v) is 7.96. The van der Waals surface area contributed by atoms with Crippen LogP contribution in [-0.4, -0.2) is 23.1 Å². The van der Waals surface area contributed by atoms with Crippen LogP contribution in [0.4, 0.5) is 0 Å². The molecule has 5 aliphatic rings. The standard InChI is InChI=1S/C21H26ClNOS/c22-18-3-1-17(2-4-18)20-23(5-6-25-20)19(24)13-21-10-14-7-15(11-21)9-16(8-14)12-21/h1-4,14-16,20H,5-13H2. The highest BCUT2D eigenvalue weighted by Gasteiger charge is 2.52. The summed E-state index contributed by atoms with van der Waals surface area (Å²) in [5.74, 6) is 4.18. The Morgan fingerprint density at radius 3 is 2.28 bits per heavy atom. The number of amides is 1. The zero-order chi connectivity index (χ0) is 17.0. The number of hydrogen-bond donors (Lipinski definition) is 0. The normalized spacial score (nSPS) is 39.2. The molecule has 5 fully saturated rings. The second-order valence-corrected chi connectivity index (χ2v) is 10.6. The molecule has 0 aromatic heterocycles. The molecule has 4 heteroatoms. The minimum atomic E-state index is 0.179. The van der Waals surface area contributed by atoms with Gasteiger partial charge in [-0.1, -0.05) is 23.7 Å². The lowest BCUT2D eigenvalue weighted by molar-refractivity contribution is -0.139. The zero-order valence-electron chi connectivity index (χ0n) is 14.6. The summed E-state index contributed by atoms with van der Waals surface area (Å²) in [4.78, 5) is 15.4. The first-order chi connectivity index (χ1) is 12.1. The number of thioether (sulfide) groups is 1. The Labute approximate surface area is 159 Å². The van der Waals surface area contributed by atoms with Crippen LogP contribution < -0.4 is 0 Å². The van der Waals surface area contributed by atoms with Gasteiger partial charge in [-0.15, -0.1) is 11.8 Å². The van der Waals surface area contributed by atoms with Gasteiger partial charge in [0.1, 0.15) is 5.37 Å². The Balaban J connectivity index is 1.33. The molecule has 2 nitrogen and oxygen atoms in total. The summed E-state index contributed by atoms with van der Waals surface area (Å²) in [7, 11) is 0. The first-order valence-corrected chi connectivity index (χ1v) is 11.2. The number of halogens is 1. The van der Waals surface area contributed by atoms with E-state index in [9.17, 15) is 4.79 Å². The third-order valence-corrected chi connectivity index (χ3v) is 8.57. The average Bonchev–Trinajstić information content (AvgIpc) is 3.03. The number of hydrogen-bond acceptors (Lipinski definition) is 2. The van der Waals surface area contributed by atoms with Crippen LogP contribution >= 0.6 is 23.4 Å². The van der Waals surface area contributed by atoms with E-state index in [-0.39, 0.29) is 5.37 Å². The summed E-state index contributed by atoms with van der Waals surface area (Å²) >= 11 is 7.93. The van der Waals surface area contributed by atoms with E-state index < -0.39 is 0 Å². The molecule has 4 bridgehead atoms. The van der Waals surface area contributed by atoms with Crippen molar-refractivity contribution in [2.45, 2.75) is 50.3 Å². The van der Waals surface area contributed by atoms with Gasteiger partial charge < -0.3 is 4.90 Å². The van der Waals surface area contributed by atoms with Gasteiger partial charge in [0.2, 0.25) is 5.91 Å². The van der Waals surface area contributed by atoms with E-state index in [1.54, 1.807) is 0 Å². The molecule has 4 aliphatic carbocycles. The van der Waals surface area contributed by atoms with Crippen molar-refractivity contribution in [2.24, 2.45) is 23.2 Å². The lowest BCUT2D eigenvalue weighted by atomic mass is 9.49. The third kappa shape index (κ3) is 3.02. The molecular weight excluding hydrogens is 350 g/mol. The topological polar surface area (TPSA) is 20.3 Å². The number of carbonyl (C=O) groups excluding carboxylic acids is 1. The highest BCUT2D eigenvalue weighted by atomic mass is 35.5. The van der Waals surface area contributed by atoms with Gasteiger partial charge in [0, 0.05) is 23.7 Å². The molecule has 1 atom stereocenters. The van der Waals surface area contributed by atoms with E-state index >= 15 is 0 Å². The molecule has 1 aliphatic heterocycles. The molecule has 134 valence electrons. The van der Waals surface area contributed by atoms with Crippen molar-refractivity contribution in [3.63, 3.8) is 0 Å². The molecule has 1 saturated heterocycles. The zero-order valence-corrected chi connectivity index (χ0v) is 16.2. The summed E-state index contributed by atoms with van der Waals surface area (Å²) in [6, 6.07) is 8.04. The molecule has 4 saturated carbocycles. The van der Waals surface area contributed by atoms with Gasteiger partial charge in [-0.2, -0.15) is 0 Å². The SMILES string of the molecule is O=C(CC12CC3CC(CC(C3)C1)C2)N1CCSC1c1ccc(Cl)cc1. The second kappa shape index (κ2) is 6.20. The average molecular weight is 376 g/mol. The maximum absolute atomic E-state index is 13.3. The van der Waals surface area contributed by atoms with Crippen LogP contribution in [0.2, 0.25) is 5.02 Å². The van der Waals surface area contributed by atoms with Crippen molar-refractivity contribution >= 4 is 29.3 Å². The van der Waals surface area contributed by atoms with Gasteiger partial charge in [0.25, 0.3) is 0 Å². The van der Waals surface area contributed by atoms with Crippen LogP contribution in [0.25, 0.3) is 0 Å². The van der Waals surface area contributed by atoms with Crippen molar-refractivity contribution in [1.29, 1.82) is 0 Å². The second-order valence-electron chi connectivity index (χ2n) is 8.96. The monoisotopic (exact) mass is 375 g/mol. The van der Waals surface area contributed by atoms with E-state index in [4.69, 9.17) is 11.6 Å². The number of carbonyl (C=O) groups is 1. The highest BCUT2D eigenvalue weighted by molar-refractivity contribution is 7.99. The molecule has 1 aromatic carbocycles. The number of nitrogens with zero attached hydrogens (tertiary/aromatic N) is 1. The molecule has 25 heavy (non-hydrogen) atoms. The van der Waals surface area contributed by atoms with Crippen LogP contribution in [0, 0.1) is 23.2 Å². The Morgan fingerprint density at radius 2 is 1.68 bits per heavy atom. The van der Waals surface area contributed by atoms with Crippen molar-refractivity contribution in [1.82, 2.24) is 4.90 Å². The van der Waals surface area contributed by atoms with Crippen LogP contribution in [0.5, 0.6) is 0 Å². The number of benzene rings is 1. The maximum Gasteiger partial charge on any atom is 0.224 e. The van der Waals surface area contributed by atoms with Crippen LogP contribution in [0.3, 0.4) is 0 Å². The molecule has 0 spiro atoms. The minimum Gasteiger partial charge on any atom is -0.326 e. The van der Waals surface area contributed by atoms with Gasteiger partial charge in [-0.25, -0.2) is 0 Å². The summed E-state index contributed by atoms with van der Waals surface area (Å²) in [6.07, 6.45) is 9.08. The van der Waals surface area contributed by atoms with E-state index in [2.05, 4.69) is 17.0 Å². The Hall–Kier alpha value is -0.670. The van der Waals surface area contributed by atoms with Crippen LogP contribution in [0.15, 0.2) is 24.3 Å². The summed E-state index contributed by atoms with van der Waals surface area (Å²) in [5, 5.41) is 0.942. The van der Waals surface area contributed by atoms with Gasteiger partial charge >= 0.3 is 0 Å². The van der Waals surface area contributed by atoms with Crippen molar-refractivity contribution < 1.29 is 4.79 Å². The molecule has 1 unspecified atom stereocenters. The Bertz CT molecular complexity index is 638. The van der Waals surface area contributed by atoms with E-state index in [1.165, 1.54) is 44.1 Å². The summed E-state index contributed by atoms with van der Waals surface area (Å²) in [5.41, 5.74) is 1.55. The molecule has 1 heterocycles. The smallest absolute Gasteiger partial charge is 0.224 e. The predicted octanol–water partition coefficient (Wildman–Crippen LogP) is 5.52. The van der Waals surface area contributed by atoms with E-state index in [1.807, 2.05) is 23.9 Å². The van der Waals surface area contributed by atoms with Gasteiger partial charge in [-0.05, 0) is 79.4 Å². The summed E-state index contributed by atoms with van der Waals surface area (Å²) in [6.45, 7) is 0.892. The summed E-state index contributed by atoms with van der Waals surface area (Å²) < 4.78 is 0. The molecule has 6 rings (SSSR count). The predicted molar refractivity (Wildman–Crippen MR) is 104 cm³/mol. The molecular formula is C21H26ClNOS. The lowest BCUT2D eigenvalue weighted by Gasteiger charge is -2.57. The van der Waals surface area contributed by atoms with Gasteiger partial charge in [0.05, 0.1) is 0 Å². The maximum atomic E-state index is 13.3. The van der Waals surface area contributed by atoms with Crippen molar-refractivity contribution in [2.75, 3.05) is 12.3 Å². The first kappa shape index (κ1) is 16.5. The van der Waals surface area contributed by atoms with Gasteiger partial charge in [-0.3, -0.25) is 4.79 Å². The molecule has 1 aromatic rings. The molecule has 0 N–H and O–H groups in total. The minimum absolute atomic E-state index is 0.179. The number of rotatable bonds is 3. The Morgan fingerprint density at radius 1 is 1.08 bits per heavy atom. The van der Waals surface area contributed by atoms with Crippen molar-refractivity contribution in [3.05, 3.63) is 34.9 Å². The fourth-order valence-electron chi connectivity index (χ4n) is 6.56. The quantitative estimate of drug-likeness (QED) is 0.693. The lowest BCUT2D eigenvalue weighted by Crippen LogP contribution is -2.48. The first-order valence-electron chi connectivity index (χ1n) is 9.77. The third-order valence-electron chi connectivity index (χ3n) is 7.06. The molecule has 1 amide bonds. The highest BCUT2D eigenvalue weighted by Crippen LogP contribution is 2.61. The fraction of sp³-hybridized carbons (Fsp3) is 0.667. The van der Waals surface area contributed by atoms with Crippen LogP contribution in [0.1, 0.15) is 55.9 Å².